The highest BCUT2D eigenvalue weighted by atomic mass is 35.5. The summed E-state index contributed by atoms with van der Waals surface area (Å²) in [6.45, 7) is 1.15. The largest absolute Gasteiger partial charge is 0.496 e. The fraction of sp³-hybridized carbons (Fsp3) is 0.333. The van der Waals surface area contributed by atoms with E-state index in [-0.39, 0.29) is 0 Å². The molecular weight excluding hydrogens is 286 g/mol. The molecule has 1 aromatic heterocycles. The van der Waals surface area contributed by atoms with Crippen LogP contribution in [0.25, 0.3) is 11.4 Å². The number of halogens is 1. The van der Waals surface area contributed by atoms with Crippen molar-refractivity contribution in [3.63, 3.8) is 0 Å². The van der Waals surface area contributed by atoms with Gasteiger partial charge in [0, 0.05) is 12.1 Å². The number of aromatic nitrogens is 3. The number of hydrogen-bond acceptors (Lipinski definition) is 4. The zero-order chi connectivity index (χ0) is 13.8. The third kappa shape index (κ3) is 2.97. The van der Waals surface area contributed by atoms with Gasteiger partial charge in [-0.1, -0.05) is 11.6 Å². The summed E-state index contributed by atoms with van der Waals surface area (Å²) in [6.07, 6.45) is 0. The minimum absolute atomic E-state index is 0.536. The van der Waals surface area contributed by atoms with Crippen molar-refractivity contribution in [1.82, 2.24) is 14.8 Å². The van der Waals surface area contributed by atoms with Crippen molar-refractivity contribution >= 4 is 23.8 Å². The van der Waals surface area contributed by atoms with E-state index in [0.717, 1.165) is 5.56 Å². The monoisotopic (exact) mass is 299 g/mol. The van der Waals surface area contributed by atoms with Gasteiger partial charge in [-0.3, -0.25) is 9.67 Å². The summed E-state index contributed by atoms with van der Waals surface area (Å²) in [7, 11) is 3.25. The van der Waals surface area contributed by atoms with E-state index < -0.39 is 0 Å². The van der Waals surface area contributed by atoms with Crippen molar-refractivity contribution < 1.29 is 9.47 Å². The van der Waals surface area contributed by atoms with Gasteiger partial charge in [0.2, 0.25) is 0 Å². The second-order valence-corrected chi connectivity index (χ2v) is 4.66. The number of rotatable bonds is 5. The number of nitrogens with one attached hydrogen (secondary N) is 1. The van der Waals surface area contributed by atoms with Crippen molar-refractivity contribution in [3.8, 4) is 17.1 Å². The molecule has 0 spiro atoms. The molecule has 1 heterocycles. The maximum absolute atomic E-state index is 6.03. The molecular formula is C12H14ClN3O2S. The van der Waals surface area contributed by atoms with Gasteiger partial charge in [-0.15, -0.1) is 0 Å². The van der Waals surface area contributed by atoms with Crippen LogP contribution in [0, 0.1) is 4.77 Å². The summed E-state index contributed by atoms with van der Waals surface area (Å²) in [6, 6.07) is 5.37. The van der Waals surface area contributed by atoms with Gasteiger partial charge in [0.05, 0.1) is 25.8 Å². The van der Waals surface area contributed by atoms with Gasteiger partial charge in [-0.05, 0) is 30.4 Å². The van der Waals surface area contributed by atoms with Crippen LogP contribution in [-0.2, 0) is 11.3 Å². The molecule has 1 aromatic carbocycles. The molecule has 7 heteroatoms. The Hall–Kier alpha value is -1.37. The molecule has 1 N–H and O–H groups in total. The molecule has 5 nitrogen and oxygen atoms in total. The average molecular weight is 300 g/mol. The van der Waals surface area contributed by atoms with Gasteiger partial charge in [0.1, 0.15) is 5.75 Å². The third-order valence-corrected chi connectivity index (χ3v) is 3.23. The van der Waals surface area contributed by atoms with Crippen LogP contribution in [-0.4, -0.2) is 35.6 Å². The lowest BCUT2D eigenvalue weighted by Gasteiger charge is -2.10. The van der Waals surface area contributed by atoms with Gasteiger partial charge >= 0.3 is 0 Å². The minimum Gasteiger partial charge on any atom is -0.496 e. The Kier molecular flexibility index (Phi) is 4.57. The lowest BCUT2D eigenvalue weighted by molar-refractivity contribution is 0.187. The number of hydrogen-bond donors (Lipinski definition) is 1. The highest BCUT2D eigenvalue weighted by Crippen LogP contribution is 2.31. The predicted octanol–water partition coefficient (Wildman–Crippen LogP) is 2.92. The first-order valence-corrected chi connectivity index (χ1v) is 6.44. The first kappa shape index (κ1) is 14.0. The predicted molar refractivity (Wildman–Crippen MR) is 76.3 cm³/mol. The Morgan fingerprint density at radius 2 is 2.21 bits per heavy atom. The SMILES string of the molecule is COCCn1c(-c2cc(Cl)ccc2OC)n[nH]c1=S. The fourth-order valence-corrected chi connectivity index (χ4v) is 2.16. The van der Waals surface area contributed by atoms with E-state index in [1.165, 1.54) is 0 Å². The second kappa shape index (κ2) is 6.18. The van der Waals surface area contributed by atoms with E-state index in [2.05, 4.69) is 10.2 Å². The highest BCUT2D eigenvalue weighted by molar-refractivity contribution is 7.71. The molecule has 19 heavy (non-hydrogen) atoms. The molecule has 0 radical (unpaired) electrons. The summed E-state index contributed by atoms with van der Waals surface area (Å²) in [4.78, 5) is 0. The number of methoxy groups -OCH3 is 2. The van der Waals surface area contributed by atoms with E-state index in [0.29, 0.717) is 34.5 Å². The van der Waals surface area contributed by atoms with Crippen molar-refractivity contribution in [1.29, 1.82) is 0 Å². The quantitative estimate of drug-likeness (QED) is 0.863. The number of ether oxygens (including phenoxy) is 2. The molecule has 0 aliphatic carbocycles. The summed E-state index contributed by atoms with van der Waals surface area (Å²) in [5, 5.41) is 7.63. The number of aromatic amines is 1. The van der Waals surface area contributed by atoms with Crippen LogP contribution >= 0.6 is 23.8 Å². The number of H-pyrrole nitrogens is 1. The van der Waals surface area contributed by atoms with Crippen LogP contribution in [0.4, 0.5) is 0 Å². The minimum atomic E-state index is 0.536. The third-order valence-electron chi connectivity index (χ3n) is 2.68. The standard InChI is InChI=1S/C12H14ClN3O2S/c1-17-6-5-16-11(14-15-12(16)19)9-7-8(13)3-4-10(9)18-2/h3-4,7H,5-6H2,1-2H3,(H,15,19). The van der Waals surface area contributed by atoms with Crippen LogP contribution in [0.15, 0.2) is 18.2 Å². The zero-order valence-electron chi connectivity index (χ0n) is 10.6. The summed E-state index contributed by atoms with van der Waals surface area (Å²) < 4.78 is 12.8. The molecule has 0 amide bonds. The summed E-state index contributed by atoms with van der Waals surface area (Å²) >= 11 is 11.2. The smallest absolute Gasteiger partial charge is 0.195 e. The normalized spacial score (nSPS) is 10.7. The molecule has 102 valence electrons. The number of nitrogens with zero attached hydrogens (tertiary/aromatic N) is 2. The zero-order valence-corrected chi connectivity index (χ0v) is 12.2. The van der Waals surface area contributed by atoms with Crippen LogP contribution < -0.4 is 4.74 Å². The summed E-state index contributed by atoms with van der Waals surface area (Å²) in [5.41, 5.74) is 0.790. The van der Waals surface area contributed by atoms with E-state index in [1.54, 1.807) is 32.4 Å². The Balaban J connectivity index is 2.52. The molecule has 0 unspecified atom stereocenters. The van der Waals surface area contributed by atoms with E-state index in [4.69, 9.17) is 33.3 Å². The van der Waals surface area contributed by atoms with E-state index in [9.17, 15) is 0 Å². The van der Waals surface area contributed by atoms with Gasteiger partial charge < -0.3 is 9.47 Å². The van der Waals surface area contributed by atoms with Gasteiger partial charge in [0.15, 0.2) is 10.6 Å². The topological polar surface area (TPSA) is 52.1 Å². The first-order valence-electron chi connectivity index (χ1n) is 5.65. The molecule has 0 atom stereocenters. The lowest BCUT2D eigenvalue weighted by Crippen LogP contribution is -2.06. The lowest BCUT2D eigenvalue weighted by atomic mass is 10.2. The van der Waals surface area contributed by atoms with Gasteiger partial charge in [-0.25, -0.2) is 0 Å². The van der Waals surface area contributed by atoms with Crippen molar-refractivity contribution in [3.05, 3.63) is 28.0 Å². The van der Waals surface area contributed by atoms with Crippen LogP contribution in [0.3, 0.4) is 0 Å². The van der Waals surface area contributed by atoms with Crippen molar-refractivity contribution in [2.24, 2.45) is 0 Å². The second-order valence-electron chi connectivity index (χ2n) is 3.84. The Morgan fingerprint density at radius 3 is 2.89 bits per heavy atom. The van der Waals surface area contributed by atoms with Crippen molar-refractivity contribution in [2.75, 3.05) is 20.8 Å². The number of benzene rings is 1. The Bertz CT molecular complexity index is 624. The molecule has 0 aliphatic rings. The maximum atomic E-state index is 6.03. The van der Waals surface area contributed by atoms with E-state index >= 15 is 0 Å². The van der Waals surface area contributed by atoms with Crippen LogP contribution in [0.5, 0.6) is 5.75 Å². The molecule has 0 saturated carbocycles. The molecule has 0 aliphatic heterocycles. The molecule has 0 bridgehead atoms. The highest BCUT2D eigenvalue weighted by Gasteiger charge is 2.14. The maximum Gasteiger partial charge on any atom is 0.195 e. The summed E-state index contributed by atoms with van der Waals surface area (Å²) in [5.74, 6) is 1.37. The van der Waals surface area contributed by atoms with Crippen LogP contribution in [0.1, 0.15) is 0 Å². The first-order chi connectivity index (χ1) is 9.17. The van der Waals surface area contributed by atoms with Crippen LogP contribution in [0.2, 0.25) is 5.02 Å². The molecule has 0 saturated heterocycles. The molecule has 2 aromatic rings. The molecule has 0 fully saturated rings. The fourth-order valence-electron chi connectivity index (χ4n) is 1.77. The average Bonchev–Trinajstić information content (AvgIpc) is 2.77. The van der Waals surface area contributed by atoms with E-state index in [1.807, 2.05) is 4.57 Å². The molecule has 2 rings (SSSR count). The Morgan fingerprint density at radius 1 is 1.42 bits per heavy atom. The van der Waals surface area contributed by atoms with Gasteiger partial charge in [-0.2, -0.15) is 5.10 Å². The Labute approximate surface area is 121 Å². The van der Waals surface area contributed by atoms with Crippen molar-refractivity contribution in [2.45, 2.75) is 6.54 Å². The van der Waals surface area contributed by atoms with Gasteiger partial charge in [0.25, 0.3) is 0 Å².